The zero-order chi connectivity index (χ0) is 16.9. The molecular weight excluding hydrogens is 302 g/mol. The van der Waals surface area contributed by atoms with Crippen molar-refractivity contribution in [2.75, 3.05) is 5.75 Å². The Labute approximate surface area is 143 Å². The molecule has 0 heterocycles. The lowest BCUT2D eigenvalue weighted by Gasteiger charge is -2.21. The van der Waals surface area contributed by atoms with Gasteiger partial charge >= 0.3 is 0 Å². The van der Waals surface area contributed by atoms with Gasteiger partial charge in [0.05, 0.1) is 5.69 Å². The van der Waals surface area contributed by atoms with Gasteiger partial charge in [0, 0.05) is 16.7 Å². The lowest BCUT2D eigenvalue weighted by Crippen LogP contribution is -2.11. The summed E-state index contributed by atoms with van der Waals surface area (Å²) in [6.45, 7) is 8.47. The van der Waals surface area contributed by atoms with Crippen molar-refractivity contribution in [3.8, 4) is 5.75 Å². The van der Waals surface area contributed by atoms with E-state index < -0.39 is 0 Å². The summed E-state index contributed by atoms with van der Waals surface area (Å²) in [5, 5.41) is 10.5. The molecule has 0 aliphatic heterocycles. The molecule has 3 heteroatoms. The van der Waals surface area contributed by atoms with Crippen LogP contribution >= 0.6 is 11.8 Å². The Kier molecular flexibility index (Phi) is 5.89. The van der Waals surface area contributed by atoms with Crippen LogP contribution < -0.4 is 0 Å². The molecule has 23 heavy (non-hydrogen) atoms. The van der Waals surface area contributed by atoms with Crippen LogP contribution in [-0.4, -0.2) is 17.1 Å². The minimum Gasteiger partial charge on any atom is -0.507 e. The Morgan fingerprint density at radius 1 is 1.09 bits per heavy atom. The van der Waals surface area contributed by atoms with Crippen molar-refractivity contribution >= 4 is 23.7 Å². The quantitative estimate of drug-likeness (QED) is 0.544. The van der Waals surface area contributed by atoms with Gasteiger partial charge in [0.1, 0.15) is 5.75 Å². The van der Waals surface area contributed by atoms with Gasteiger partial charge < -0.3 is 5.11 Å². The maximum absolute atomic E-state index is 10.5. The van der Waals surface area contributed by atoms with Crippen LogP contribution in [0.25, 0.3) is 0 Å². The van der Waals surface area contributed by atoms with E-state index in [0.717, 1.165) is 29.0 Å². The third kappa shape index (κ3) is 4.61. The number of thioether (sulfide) groups is 1. The Balaban J connectivity index is 2.31. The van der Waals surface area contributed by atoms with Gasteiger partial charge in [-0.3, -0.25) is 4.99 Å². The molecule has 0 aliphatic carbocycles. The fourth-order valence-corrected chi connectivity index (χ4v) is 3.18. The Morgan fingerprint density at radius 2 is 1.83 bits per heavy atom. The van der Waals surface area contributed by atoms with Crippen LogP contribution in [0.1, 0.15) is 45.2 Å². The van der Waals surface area contributed by atoms with Crippen LogP contribution in [-0.2, 0) is 5.41 Å². The minimum atomic E-state index is -0.0944. The normalized spacial score (nSPS) is 12.0. The van der Waals surface area contributed by atoms with Crippen LogP contribution in [0.15, 0.2) is 52.4 Å². The molecule has 0 spiro atoms. The summed E-state index contributed by atoms with van der Waals surface area (Å²) in [6.07, 6.45) is 2.90. The largest absolute Gasteiger partial charge is 0.507 e. The average Bonchev–Trinajstić information content (AvgIpc) is 2.51. The molecule has 0 saturated carbocycles. The van der Waals surface area contributed by atoms with Gasteiger partial charge in [-0.05, 0) is 41.4 Å². The van der Waals surface area contributed by atoms with Crippen molar-refractivity contribution in [3.63, 3.8) is 0 Å². The van der Waals surface area contributed by atoms with Crippen LogP contribution in [0.5, 0.6) is 5.75 Å². The molecule has 122 valence electrons. The number of nitrogens with zero attached hydrogens (tertiary/aromatic N) is 1. The van der Waals surface area contributed by atoms with E-state index in [1.165, 1.54) is 4.90 Å². The monoisotopic (exact) mass is 327 g/mol. The standard InChI is InChI=1S/C20H25NOS/c1-5-13-23-18-12-7-6-11-17(18)21-14-15-9-8-10-16(19(15)22)20(2,3)4/h6-12,14,22H,5,13H2,1-4H3. The minimum absolute atomic E-state index is 0.0944. The maximum Gasteiger partial charge on any atom is 0.128 e. The first kappa shape index (κ1) is 17.6. The van der Waals surface area contributed by atoms with E-state index in [1.807, 2.05) is 48.2 Å². The molecule has 2 nitrogen and oxygen atoms in total. The summed E-state index contributed by atoms with van der Waals surface area (Å²) in [7, 11) is 0. The molecule has 1 N–H and O–H groups in total. The Bertz CT molecular complexity index is 686. The number of phenolic OH excluding ortho intramolecular Hbond substituents is 1. The first-order valence-electron chi connectivity index (χ1n) is 8.02. The summed E-state index contributed by atoms with van der Waals surface area (Å²) in [4.78, 5) is 5.79. The highest BCUT2D eigenvalue weighted by atomic mass is 32.2. The number of aliphatic imine (C=N–C) groups is 1. The maximum atomic E-state index is 10.5. The number of para-hydroxylation sites is 2. The van der Waals surface area contributed by atoms with Crippen molar-refractivity contribution in [3.05, 3.63) is 53.6 Å². The zero-order valence-corrected chi connectivity index (χ0v) is 15.2. The first-order valence-corrected chi connectivity index (χ1v) is 9.00. The molecule has 0 saturated heterocycles. The van der Waals surface area contributed by atoms with Crippen molar-refractivity contribution < 1.29 is 5.11 Å². The third-order valence-electron chi connectivity index (χ3n) is 3.54. The van der Waals surface area contributed by atoms with E-state index in [-0.39, 0.29) is 5.41 Å². The molecule has 2 rings (SSSR count). The molecule has 0 bridgehead atoms. The zero-order valence-electron chi connectivity index (χ0n) is 14.3. The van der Waals surface area contributed by atoms with E-state index in [9.17, 15) is 5.11 Å². The number of hydrogen-bond acceptors (Lipinski definition) is 3. The van der Waals surface area contributed by atoms with Gasteiger partial charge in [0.2, 0.25) is 0 Å². The number of aromatic hydroxyl groups is 1. The fraction of sp³-hybridized carbons (Fsp3) is 0.350. The van der Waals surface area contributed by atoms with Gasteiger partial charge in [-0.2, -0.15) is 0 Å². The summed E-state index contributed by atoms with van der Waals surface area (Å²) < 4.78 is 0. The fourth-order valence-electron chi connectivity index (χ4n) is 2.31. The molecule has 0 amide bonds. The molecule has 0 atom stereocenters. The van der Waals surface area contributed by atoms with E-state index in [1.54, 1.807) is 6.21 Å². The van der Waals surface area contributed by atoms with Crippen LogP contribution in [0.2, 0.25) is 0 Å². The Morgan fingerprint density at radius 3 is 2.52 bits per heavy atom. The highest BCUT2D eigenvalue weighted by Crippen LogP contribution is 2.33. The smallest absolute Gasteiger partial charge is 0.128 e. The molecule has 0 radical (unpaired) electrons. The average molecular weight is 327 g/mol. The topological polar surface area (TPSA) is 32.6 Å². The SMILES string of the molecule is CCCSc1ccccc1N=Cc1cccc(C(C)(C)C)c1O. The molecule has 0 aromatic heterocycles. The second-order valence-corrected chi connectivity index (χ2v) is 7.70. The van der Waals surface area contributed by atoms with Crippen molar-refractivity contribution in [1.82, 2.24) is 0 Å². The third-order valence-corrected chi connectivity index (χ3v) is 4.81. The predicted molar refractivity (Wildman–Crippen MR) is 102 cm³/mol. The first-order chi connectivity index (χ1) is 10.9. The molecule has 2 aromatic rings. The molecule has 2 aromatic carbocycles. The highest BCUT2D eigenvalue weighted by Gasteiger charge is 2.19. The Hall–Kier alpha value is -1.74. The highest BCUT2D eigenvalue weighted by molar-refractivity contribution is 7.99. The summed E-state index contributed by atoms with van der Waals surface area (Å²) in [6, 6.07) is 14.0. The molecular formula is C20H25NOS. The van der Waals surface area contributed by atoms with Crippen molar-refractivity contribution in [2.24, 2.45) is 4.99 Å². The number of hydrogen-bond donors (Lipinski definition) is 1. The van der Waals surface area contributed by atoms with Gasteiger partial charge in [-0.25, -0.2) is 0 Å². The van der Waals surface area contributed by atoms with Crippen molar-refractivity contribution in [2.45, 2.75) is 44.4 Å². The van der Waals surface area contributed by atoms with Gasteiger partial charge in [0.15, 0.2) is 0 Å². The van der Waals surface area contributed by atoms with Crippen LogP contribution in [0.3, 0.4) is 0 Å². The molecule has 0 aliphatic rings. The summed E-state index contributed by atoms with van der Waals surface area (Å²) in [5.74, 6) is 1.40. The second-order valence-electron chi connectivity index (χ2n) is 6.57. The van der Waals surface area contributed by atoms with E-state index in [2.05, 4.69) is 38.8 Å². The summed E-state index contributed by atoms with van der Waals surface area (Å²) >= 11 is 1.82. The second kappa shape index (κ2) is 7.69. The van der Waals surface area contributed by atoms with E-state index >= 15 is 0 Å². The number of benzene rings is 2. The van der Waals surface area contributed by atoms with Crippen molar-refractivity contribution in [1.29, 1.82) is 0 Å². The lowest BCUT2D eigenvalue weighted by atomic mass is 9.85. The van der Waals surface area contributed by atoms with Gasteiger partial charge in [0.25, 0.3) is 0 Å². The molecule has 0 unspecified atom stereocenters. The predicted octanol–water partition coefficient (Wildman–Crippen LogP) is 5.94. The van der Waals surface area contributed by atoms with Gasteiger partial charge in [-0.1, -0.05) is 52.0 Å². The number of rotatable bonds is 5. The number of phenols is 1. The molecule has 0 fully saturated rings. The van der Waals surface area contributed by atoms with Gasteiger partial charge in [-0.15, -0.1) is 11.8 Å². The van der Waals surface area contributed by atoms with Crippen LogP contribution in [0.4, 0.5) is 5.69 Å². The summed E-state index contributed by atoms with van der Waals surface area (Å²) in [5.41, 5.74) is 2.55. The van der Waals surface area contributed by atoms with E-state index in [4.69, 9.17) is 0 Å². The van der Waals surface area contributed by atoms with E-state index in [0.29, 0.717) is 5.75 Å². The lowest BCUT2D eigenvalue weighted by molar-refractivity contribution is 0.446. The van der Waals surface area contributed by atoms with Crippen LogP contribution in [0, 0.1) is 0 Å².